The molecule has 0 fully saturated rings. The first-order valence-corrected chi connectivity index (χ1v) is 12.5. The van der Waals surface area contributed by atoms with Crippen molar-refractivity contribution in [3.8, 4) is 5.75 Å². The lowest BCUT2D eigenvalue weighted by atomic mass is 10.00. The molecule has 2 atom stereocenters. The fourth-order valence-corrected chi connectivity index (χ4v) is 4.41. The molecule has 1 unspecified atom stereocenters. The lowest BCUT2D eigenvalue weighted by Crippen LogP contribution is -2.52. The second-order valence-electron chi connectivity index (χ2n) is 8.31. The summed E-state index contributed by atoms with van der Waals surface area (Å²) < 4.78 is 0. The average Bonchev–Trinajstić information content (AvgIpc) is 2.86. The number of nitrogens with one attached hydrogen (secondary N) is 2. The molecular weight excluding hydrogens is 539 g/mol. The number of guanidine groups is 1. The maximum Gasteiger partial charge on any atom is 0.328 e. The molecule has 11 nitrogen and oxygen atoms in total. The van der Waals surface area contributed by atoms with Crippen molar-refractivity contribution in [3.05, 3.63) is 63.1 Å². The number of phenolic OH excluding ortho intramolecular Hbond substituents is 1. The van der Waals surface area contributed by atoms with Gasteiger partial charge in [0.2, 0.25) is 0 Å². The van der Waals surface area contributed by atoms with Crippen molar-refractivity contribution in [2.75, 3.05) is 39.9 Å². The zero-order chi connectivity index (χ0) is 28.2. The van der Waals surface area contributed by atoms with Crippen LogP contribution in [0.5, 0.6) is 5.75 Å². The number of aryl methyl sites for hydroxylation is 1. The first-order valence-electron chi connectivity index (χ1n) is 11.8. The molecule has 0 aliphatic carbocycles. The second kappa shape index (κ2) is 15.4. The molecule has 0 saturated carbocycles. The van der Waals surface area contributed by atoms with Crippen molar-refractivity contribution < 1.29 is 35.1 Å². The van der Waals surface area contributed by atoms with E-state index in [-0.39, 0.29) is 60.2 Å². The van der Waals surface area contributed by atoms with Crippen molar-refractivity contribution in [3.63, 3.8) is 0 Å². The summed E-state index contributed by atoms with van der Waals surface area (Å²) in [5.41, 5.74) is 1.12. The van der Waals surface area contributed by atoms with Crippen molar-refractivity contribution in [1.29, 1.82) is 0 Å². The zero-order valence-electron chi connectivity index (χ0n) is 20.8. The summed E-state index contributed by atoms with van der Waals surface area (Å²) in [6.45, 7) is -0.343. The third kappa shape index (κ3) is 9.03. The van der Waals surface area contributed by atoms with Crippen LogP contribution in [0, 0.1) is 0 Å². The molecule has 38 heavy (non-hydrogen) atoms. The van der Waals surface area contributed by atoms with E-state index in [9.17, 15) is 35.1 Å². The Kier molecular flexibility index (Phi) is 12.6. The van der Waals surface area contributed by atoms with Gasteiger partial charge in [-0.05, 0) is 48.2 Å². The minimum atomic E-state index is -1.38. The third-order valence-electron chi connectivity index (χ3n) is 5.61. The number of aliphatic carboxylic acids is 1. The maximum absolute atomic E-state index is 12.9. The highest BCUT2D eigenvalue weighted by atomic mass is 35.5. The molecule has 13 heteroatoms. The molecule has 208 valence electrons. The molecule has 0 heterocycles. The van der Waals surface area contributed by atoms with Crippen LogP contribution in [0.25, 0.3) is 0 Å². The standard InChI is InChI=1S/C25H32Cl2N4O7/c1-28-25(31(7-9-32)8-10-33)29-14-20(24(37)38)30-23(36)22-18(26)11-15(12-19(22)27)5-6-21(35)16-3-2-4-17(34)13-16/h2-4,11-13,20-21,32-35H,5-10,14H2,1H3,(H,28,29)(H,30,36)(H,37,38)/t20-,21?/m0/s1. The molecule has 0 aliphatic rings. The predicted molar refractivity (Wildman–Crippen MR) is 144 cm³/mol. The van der Waals surface area contributed by atoms with Gasteiger partial charge in [-0.3, -0.25) is 9.79 Å². The second-order valence-corrected chi connectivity index (χ2v) is 9.12. The van der Waals surface area contributed by atoms with Gasteiger partial charge in [-0.1, -0.05) is 35.3 Å². The molecule has 2 aromatic carbocycles. The van der Waals surface area contributed by atoms with E-state index >= 15 is 0 Å². The molecule has 0 aliphatic heterocycles. The smallest absolute Gasteiger partial charge is 0.328 e. The number of nitrogens with zero attached hydrogens (tertiary/aromatic N) is 2. The van der Waals surface area contributed by atoms with Gasteiger partial charge < -0.3 is 41.1 Å². The van der Waals surface area contributed by atoms with Crippen LogP contribution in [0.15, 0.2) is 41.4 Å². The highest BCUT2D eigenvalue weighted by Gasteiger charge is 2.25. The molecule has 2 rings (SSSR count). The molecule has 0 aromatic heterocycles. The van der Waals surface area contributed by atoms with Crippen molar-refractivity contribution in [2.45, 2.75) is 25.0 Å². The lowest BCUT2D eigenvalue weighted by molar-refractivity contribution is -0.139. The number of aliphatic imine (C=N–C) groups is 1. The number of carbonyl (C=O) groups is 2. The Balaban J connectivity index is 2.08. The fraction of sp³-hybridized carbons (Fsp3) is 0.400. The average molecular weight is 571 g/mol. The third-order valence-corrected chi connectivity index (χ3v) is 6.21. The number of hydrogen-bond donors (Lipinski definition) is 7. The summed E-state index contributed by atoms with van der Waals surface area (Å²) in [6, 6.07) is 7.96. The summed E-state index contributed by atoms with van der Waals surface area (Å²) in [4.78, 5) is 30.3. The summed E-state index contributed by atoms with van der Waals surface area (Å²) in [5, 5.41) is 53.3. The Labute approximate surface area is 230 Å². The minimum absolute atomic E-state index is 0.0156. The lowest BCUT2D eigenvalue weighted by Gasteiger charge is -2.26. The Morgan fingerprint density at radius 3 is 2.24 bits per heavy atom. The van der Waals surface area contributed by atoms with E-state index in [1.807, 2.05) is 0 Å². The van der Waals surface area contributed by atoms with Gasteiger partial charge in [0.15, 0.2) is 5.96 Å². The van der Waals surface area contributed by atoms with E-state index in [1.165, 1.54) is 36.2 Å². The SMILES string of the molecule is C/N=C(/NC[C@H](NC(=O)c1c(Cl)cc(CCC(O)c2cccc(O)c2)cc1Cl)C(=O)O)N(CCO)CCO. The van der Waals surface area contributed by atoms with Crippen LogP contribution in [0.1, 0.15) is 34.0 Å². The molecule has 0 saturated heterocycles. The Morgan fingerprint density at radius 2 is 1.71 bits per heavy atom. The molecular formula is C25H32Cl2N4O7. The van der Waals surface area contributed by atoms with Crippen LogP contribution in [-0.4, -0.2) is 94.2 Å². The van der Waals surface area contributed by atoms with Gasteiger partial charge in [0, 0.05) is 26.7 Å². The number of rotatable bonds is 13. The van der Waals surface area contributed by atoms with Gasteiger partial charge in [0.25, 0.3) is 5.91 Å². The summed E-state index contributed by atoms with van der Waals surface area (Å²) in [6.07, 6.45) is -0.162. The van der Waals surface area contributed by atoms with E-state index in [0.29, 0.717) is 24.0 Å². The van der Waals surface area contributed by atoms with E-state index < -0.39 is 24.0 Å². The highest BCUT2D eigenvalue weighted by molar-refractivity contribution is 6.39. The first-order chi connectivity index (χ1) is 18.1. The monoisotopic (exact) mass is 570 g/mol. The van der Waals surface area contributed by atoms with Gasteiger partial charge in [-0.15, -0.1) is 0 Å². The number of aliphatic hydroxyl groups is 3. The number of benzene rings is 2. The largest absolute Gasteiger partial charge is 0.508 e. The predicted octanol–water partition coefficient (Wildman–Crippen LogP) is 1.41. The van der Waals surface area contributed by atoms with Crippen LogP contribution in [-0.2, 0) is 11.2 Å². The molecule has 2 aromatic rings. The number of aliphatic hydroxyl groups excluding tert-OH is 3. The number of aromatic hydroxyl groups is 1. The van der Waals surface area contributed by atoms with Crippen molar-refractivity contribution >= 4 is 41.0 Å². The van der Waals surface area contributed by atoms with E-state index in [1.54, 1.807) is 12.1 Å². The van der Waals surface area contributed by atoms with Gasteiger partial charge in [0.05, 0.1) is 34.9 Å². The molecule has 7 N–H and O–H groups in total. The van der Waals surface area contributed by atoms with Crippen LogP contribution in [0.3, 0.4) is 0 Å². The van der Waals surface area contributed by atoms with Gasteiger partial charge in [-0.2, -0.15) is 0 Å². The highest BCUT2D eigenvalue weighted by Crippen LogP contribution is 2.29. The Bertz CT molecular complexity index is 1100. The van der Waals surface area contributed by atoms with Crippen LogP contribution < -0.4 is 10.6 Å². The number of carboxylic acid groups (broad SMARTS) is 1. The van der Waals surface area contributed by atoms with Gasteiger partial charge in [-0.25, -0.2) is 4.79 Å². The molecule has 0 bridgehead atoms. The number of amides is 1. The Morgan fingerprint density at radius 1 is 1.08 bits per heavy atom. The van der Waals surface area contributed by atoms with Crippen LogP contribution in [0.4, 0.5) is 0 Å². The first kappa shape index (κ1) is 31.1. The van der Waals surface area contributed by atoms with E-state index in [4.69, 9.17) is 23.2 Å². The van der Waals surface area contributed by atoms with Crippen molar-refractivity contribution in [2.24, 2.45) is 4.99 Å². The van der Waals surface area contributed by atoms with Gasteiger partial charge in [0.1, 0.15) is 11.8 Å². The normalized spacial score (nSPS) is 13.1. The van der Waals surface area contributed by atoms with Gasteiger partial charge >= 0.3 is 5.97 Å². The minimum Gasteiger partial charge on any atom is -0.508 e. The van der Waals surface area contributed by atoms with E-state index in [2.05, 4.69) is 15.6 Å². The number of carboxylic acids is 1. The number of phenols is 1. The molecule has 0 radical (unpaired) electrons. The maximum atomic E-state index is 12.9. The number of hydrogen-bond acceptors (Lipinski definition) is 7. The quantitative estimate of drug-likeness (QED) is 0.139. The zero-order valence-corrected chi connectivity index (χ0v) is 22.3. The topological polar surface area (TPSA) is 175 Å². The summed E-state index contributed by atoms with van der Waals surface area (Å²) in [7, 11) is 1.46. The summed E-state index contributed by atoms with van der Waals surface area (Å²) >= 11 is 12.7. The van der Waals surface area contributed by atoms with Crippen LogP contribution in [0.2, 0.25) is 10.0 Å². The fourth-order valence-electron chi connectivity index (χ4n) is 3.71. The molecule has 1 amide bonds. The number of carbonyl (C=O) groups excluding carboxylic acids is 1. The van der Waals surface area contributed by atoms with Crippen molar-refractivity contribution in [1.82, 2.24) is 15.5 Å². The number of halogens is 2. The van der Waals surface area contributed by atoms with Crippen LogP contribution >= 0.6 is 23.2 Å². The summed E-state index contributed by atoms with van der Waals surface area (Å²) in [5.74, 6) is -1.83. The Hall–Kier alpha value is -3.09. The molecule has 0 spiro atoms. The van der Waals surface area contributed by atoms with E-state index in [0.717, 1.165) is 0 Å².